The molecule has 0 radical (unpaired) electrons. The first kappa shape index (κ1) is 20.3. The summed E-state index contributed by atoms with van der Waals surface area (Å²) in [6.45, 7) is 4.53. The van der Waals surface area contributed by atoms with Gasteiger partial charge in [-0.05, 0) is 61.4 Å². The second kappa shape index (κ2) is 9.64. The van der Waals surface area contributed by atoms with Crippen LogP contribution in [0.2, 0.25) is 0 Å². The maximum absolute atomic E-state index is 13.2. The predicted octanol–water partition coefficient (Wildman–Crippen LogP) is 5.19. The van der Waals surface area contributed by atoms with Crippen LogP contribution in [0.1, 0.15) is 24.1 Å². The molecule has 0 spiro atoms. The second-order valence-corrected chi connectivity index (χ2v) is 6.64. The van der Waals surface area contributed by atoms with Crippen molar-refractivity contribution in [3.05, 3.63) is 83.9 Å². The molecule has 0 fully saturated rings. The van der Waals surface area contributed by atoms with Crippen molar-refractivity contribution in [3.8, 4) is 11.5 Å². The minimum atomic E-state index is -0.570. The number of hydrogen-bond donors (Lipinski definition) is 2. The van der Waals surface area contributed by atoms with Gasteiger partial charge < -0.3 is 20.1 Å². The Morgan fingerprint density at radius 2 is 1.72 bits per heavy atom. The van der Waals surface area contributed by atoms with Gasteiger partial charge in [0.2, 0.25) is 0 Å². The standard InChI is InChI=1S/C24H26N2O3/c1-4-29-20-13-11-19(12-14-20)25-23(18-8-6-5-7-9-18)24(27)26-21-16-17(2)10-15-22(21)28-3/h5-16,23,25H,4H2,1-3H3,(H,26,27)/t23-/m1/s1. The Hall–Kier alpha value is -3.47. The molecule has 0 saturated heterocycles. The topological polar surface area (TPSA) is 59.6 Å². The normalized spacial score (nSPS) is 11.4. The maximum Gasteiger partial charge on any atom is 0.251 e. The maximum atomic E-state index is 13.2. The van der Waals surface area contributed by atoms with Gasteiger partial charge in [-0.2, -0.15) is 0 Å². The van der Waals surface area contributed by atoms with E-state index < -0.39 is 6.04 Å². The molecule has 3 aromatic rings. The minimum absolute atomic E-state index is 0.172. The Morgan fingerprint density at radius 1 is 1.00 bits per heavy atom. The van der Waals surface area contributed by atoms with Crippen molar-refractivity contribution in [2.24, 2.45) is 0 Å². The summed E-state index contributed by atoms with van der Waals surface area (Å²) in [5, 5.41) is 6.33. The molecule has 0 bridgehead atoms. The summed E-state index contributed by atoms with van der Waals surface area (Å²) in [4.78, 5) is 13.2. The summed E-state index contributed by atoms with van der Waals surface area (Å²) in [6, 6.07) is 22.3. The van der Waals surface area contributed by atoms with Crippen LogP contribution in [0.15, 0.2) is 72.8 Å². The Bertz CT molecular complexity index is 940. The predicted molar refractivity (Wildman–Crippen MR) is 117 cm³/mol. The first-order valence-corrected chi connectivity index (χ1v) is 9.60. The highest BCUT2D eigenvalue weighted by atomic mass is 16.5. The van der Waals surface area contributed by atoms with E-state index in [2.05, 4.69) is 10.6 Å². The molecule has 0 aromatic heterocycles. The average Bonchev–Trinajstić information content (AvgIpc) is 2.74. The fourth-order valence-corrected chi connectivity index (χ4v) is 3.05. The zero-order valence-corrected chi connectivity index (χ0v) is 16.9. The zero-order chi connectivity index (χ0) is 20.6. The number of aryl methyl sites for hydroxylation is 1. The SMILES string of the molecule is CCOc1ccc(N[C@@H](C(=O)Nc2cc(C)ccc2OC)c2ccccc2)cc1. The van der Waals surface area contributed by atoms with Crippen molar-refractivity contribution in [2.45, 2.75) is 19.9 Å². The molecule has 2 N–H and O–H groups in total. The Morgan fingerprint density at radius 3 is 2.38 bits per heavy atom. The van der Waals surface area contributed by atoms with Gasteiger partial charge in [-0.3, -0.25) is 4.79 Å². The van der Waals surface area contributed by atoms with Gasteiger partial charge in [0.05, 0.1) is 19.4 Å². The lowest BCUT2D eigenvalue weighted by atomic mass is 10.1. The highest BCUT2D eigenvalue weighted by Gasteiger charge is 2.22. The van der Waals surface area contributed by atoms with Crippen LogP contribution in [0.4, 0.5) is 11.4 Å². The van der Waals surface area contributed by atoms with E-state index in [1.165, 1.54) is 0 Å². The third-order valence-electron chi connectivity index (χ3n) is 4.48. The zero-order valence-electron chi connectivity index (χ0n) is 16.9. The molecule has 0 aliphatic heterocycles. The molecule has 3 aromatic carbocycles. The molecular formula is C24H26N2O3. The van der Waals surface area contributed by atoms with E-state index in [4.69, 9.17) is 9.47 Å². The summed E-state index contributed by atoms with van der Waals surface area (Å²) in [5.41, 5.74) is 3.38. The quantitative estimate of drug-likeness (QED) is 0.555. The molecule has 0 unspecified atom stereocenters. The number of rotatable bonds is 8. The van der Waals surface area contributed by atoms with E-state index >= 15 is 0 Å². The second-order valence-electron chi connectivity index (χ2n) is 6.64. The van der Waals surface area contributed by atoms with E-state index in [-0.39, 0.29) is 5.91 Å². The number of carbonyl (C=O) groups excluding carboxylic acids is 1. The third kappa shape index (κ3) is 5.29. The Balaban J connectivity index is 1.86. The number of methoxy groups -OCH3 is 1. The van der Waals surface area contributed by atoms with Crippen molar-refractivity contribution in [2.75, 3.05) is 24.4 Å². The number of benzene rings is 3. The first-order valence-electron chi connectivity index (χ1n) is 9.60. The Kier molecular flexibility index (Phi) is 6.74. The Labute approximate surface area is 171 Å². The fraction of sp³-hybridized carbons (Fsp3) is 0.208. The molecule has 0 heterocycles. The lowest BCUT2D eigenvalue weighted by Crippen LogP contribution is -2.27. The van der Waals surface area contributed by atoms with Gasteiger partial charge in [0.1, 0.15) is 17.5 Å². The van der Waals surface area contributed by atoms with Crippen molar-refractivity contribution in [3.63, 3.8) is 0 Å². The minimum Gasteiger partial charge on any atom is -0.495 e. The van der Waals surface area contributed by atoms with Gasteiger partial charge in [-0.25, -0.2) is 0 Å². The lowest BCUT2D eigenvalue weighted by Gasteiger charge is -2.21. The summed E-state index contributed by atoms with van der Waals surface area (Å²) in [5.74, 6) is 1.24. The highest BCUT2D eigenvalue weighted by molar-refractivity contribution is 5.98. The first-order chi connectivity index (χ1) is 14.1. The van der Waals surface area contributed by atoms with Crippen molar-refractivity contribution in [1.29, 1.82) is 0 Å². The van der Waals surface area contributed by atoms with Crippen LogP contribution in [-0.4, -0.2) is 19.6 Å². The molecule has 0 aliphatic rings. The number of carbonyl (C=O) groups is 1. The molecule has 150 valence electrons. The van der Waals surface area contributed by atoms with Gasteiger partial charge in [0, 0.05) is 5.69 Å². The molecule has 3 rings (SSSR count). The molecule has 29 heavy (non-hydrogen) atoms. The van der Waals surface area contributed by atoms with Gasteiger partial charge >= 0.3 is 0 Å². The highest BCUT2D eigenvalue weighted by Crippen LogP contribution is 2.28. The molecule has 5 nitrogen and oxygen atoms in total. The molecular weight excluding hydrogens is 364 g/mol. The third-order valence-corrected chi connectivity index (χ3v) is 4.48. The average molecular weight is 390 g/mol. The summed E-state index contributed by atoms with van der Waals surface area (Å²) in [6.07, 6.45) is 0. The van der Waals surface area contributed by atoms with E-state index in [0.29, 0.717) is 18.0 Å². The molecule has 0 saturated carbocycles. The summed E-state index contributed by atoms with van der Waals surface area (Å²) < 4.78 is 10.9. The molecule has 1 amide bonds. The monoisotopic (exact) mass is 390 g/mol. The van der Waals surface area contributed by atoms with Crippen molar-refractivity contribution < 1.29 is 14.3 Å². The van der Waals surface area contributed by atoms with Crippen molar-refractivity contribution >= 4 is 17.3 Å². The van der Waals surface area contributed by atoms with E-state index in [1.54, 1.807) is 7.11 Å². The molecule has 1 atom stereocenters. The van der Waals surface area contributed by atoms with Gasteiger partial charge in [0.15, 0.2) is 0 Å². The van der Waals surface area contributed by atoms with E-state index in [0.717, 1.165) is 22.6 Å². The van der Waals surface area contributed by atoms with Gasteiger partial charge in [-0.15, -0.1) is 0 Å². The van der Waals surface area contributed by atoms with E-state index in [1.807, 2.05) is 86.6 Å². The van der Waals surface area contributed by atoms with Crippen LogP contribution >= 0.6 is 0 Å². The van der Waals surface area contributed by atoms with Crippen molar-refractivity contribution in [1.82, 2.24) is 0 Å². The number of anilines is 2. The smallest absolute Gasteiger partial charge is 0.251 e. The van der Waals surface area contributed by atoms with Crippen LogP contribution in [0.25, 0.3) is 0 Å². The van der Waals surface area contributed by atoms with Gasteiger partial charge in [0.25, 0.3) is 5.91 Å². The van der Waals surface area contributed by atoms with Crippen LogP contribution in [-0.2, 0) is 4.79 Å². The van der Waals surface area contributed by atoms with Crippen LogP contribution in [0, 0.1) is 6.92 Å². The fourth-order valence-electron chi connectivity index (χ4n) is 3.05. The van der Waals surface area contributed by atoms with E-state index in [9.17, 15) is 4.79 Å². The van der Waals surface area contributed by atoms with Gasteiger partial charge in [-0.1, -0.05) is 36.4 Å². The molecule has 5 heteroatoms. The number of hydrogen-bond acceptors (Lipinski definition) is 4. The largest absolute Gasteiger partial charge is 0.495 e. The summed E-state index contributed by atoms with van der Waals surface area (Å²) in [7, 11) is 1.59. The summed E-state index contributed by atoms with van der Waals surface area (Å²) >= 11 is 0. The lowest BCUT2D eigenvalue weighted by molar-refractivity contribution is -0.117. The number of amides is 1. The van der Waals surface area contributed by atoms with Crippen LogP contribution in [0.3, 0.4) is 0 Å². The molecule has 0 aliphatic carbocycles. The van der Waals surface area contributed by atoms with Crippen LogP contribution in [0.5, 0.6) is 11.5 Å². The number of ether oxygens (including phenoxy) is 2. The number of nitrogens with one attached hydrogen (secondary N) is 2. The van der Waals surface area contributed by atoms with Crippen LogP contribution < -0.4 is 20.1 Å².